The van der Waals surface area contributed by atoms with Gasteiger partial charge in [-0.15, -0.1) is 0 Å². The van der Waals surface area contributed by atoms with E-state index in [1.165, 1.54) is 0 Å². The molecule has 0 bridgehead atoms. The number of alkyl halides is 2. The van der Waals surface area contributed by atoms with E-state index in [9.17, 15) is 8.78 Å². The van der Waals surface area contributed by atoms with Crippen LogP contribution < -0.4 is 0 Å². The first kappa shape index (κ1) is 6.56. The third-order valence-corrected chi connectivity index (χ3v) is 3.32. The predicted octanol–water partition coefficient (Wildman–Crippen LogP) is 2.83. The fraction of sp³-hybridized carbons (Fsp3) is 1.00. The molecule has 0 heterocycles. The Kier molecular flexibility index (Phi) is 1.01. The van der Waals surface area contributed by atoms with Gasteiger partial charge >= 0.3 is 0 Å². The van der Waals surface area contributed by atoms with Crippen molar-refractivity contribution in [3.05, 3.63) is 0 Å². The van der Waals surface area contributed by atoms with Gasteiger partial charge in [0.05, 0.1) is 0 Å². The Hall–Kier alpha value is -0.140. The van der Waals surface area contributed by atoms with Crippen LogP contribution >= 0.6 is 0 Å². The highest BCUT2D eigenvalue weighted by molar-refractivity contribution is 5.16. The minimum Gasteiger partial charge on any atom is -0.206 e. The Morgan fingerprint density at radius 3 is 2.40 bits per heavy atom. The van der Waals surface area contributed by atoms with Crippen molar-refractivity contribution < 1.29 is 8.78 Å². The molecule has 2 heteroatoms. The maximum absolute atomic E-state index is 12.9. The summed E-state index contributed by atoms with van der Waals surface area (Å²) >= 11 is 0. The molecule has 2 unspecified atom stereocenters. The summed E-state index contributed by atoms with van der Waals surface area (Å²) in [6.07, 6.45) is 3.51. The van der Waals surface area contributed by atoms with Crippen LogP contribution in [-0.2, 0) is 0 Å². The van der Waals surface area contributed by atoms with Crippen LogP contribution in [0.2, 0.25) is 0 Å². The largest absolute Gasteiger partial charge is 0.257 e. The van der Waals surface area contributed by atoms with Gasteiger partial charge in [-0.25, -0.2) is 8.78 Å². The van der Waals surface area contributed by atoms with Crippen molar-refractivity contribution in [1.29, 1.82) is 0 Å². The van der Waals surface area contributed by atoms with E-state index < -0.39 is 11.3 Å². The van der Waals surface area contributed by atoms with E-state index in [2.05, 4.69) is 0 Å². The van der Waals surface area contributed by atoms with E-state index in [4.69, 9.17) is 0 Å². The van der Waals surface area contributed by atoms with Crippen LogP contribution in [-0.4, -0.2) is 5.92 Å². The topological polar surface area (TPSA) is 0 Å². The van der Waals surface area contributed by atoms with Gasteiger partial charge in [0.25, 0.3) is 5.92 Å². The Morgan fingerprint density at radius 2 is 2.00 bits per heavy atom. The van der Waals surface area contributed by atoms with Gasteiger partial charge in [-0.2, -0.15) is 0 Å². The number of fused-ring (bicyclic) bond motifs is 1. The SMILES string of the molecule is CC12CCCCC1C2(F)F. The first-order valence-electron chi connectivity index (χ1n) is 3.97. The first-order chi connectivity index (χ1) is 4.59. The van der Waals surface area contributed by atoms with Crippen molar-refractivity contribution in [3.63, 3.8) is 0 Å². The van der Waals surface area contributed by atoms with E-state index in [-0.39, 0.29) is 5.92 Å². The standard InChI is InChI=1S/C8H12F2/c1-7-5-3-2-4-6(7)8(7,9)10/h6H,2-5H2,1H3. The molecule has 0 aromatic carbocycles. The van der Waals surface area contributed by atoms with Gasteiger partial charge in [0.2, 0.25) is 0 Å². The van der Waals surface area contributed by atoms with Crippen molar-refractivity contribution in [2.75, 3.05) is 0 Å². The third kappa shape index (κ3) is 0.513. The summed E-state index contributed by atoms with van der Waals surface area (Å²) in [5, 5.41) is 0. The van der Waals surface area contributed by atoms with Gasteiger partial charge in [0.15, 0.2) is 0 Å². The molecule has 0 aromatic rings. The summed E-state index contributed by atoms with van der Waals surface area (Å²) in [6, 6.07) is 0. The summed E-state index contributed by atoms with van der Waals surface area (Å²) in [5.74, 6) is -2.59. The molecular formula is C8H12F2. The van der Waals surface area contributed by atoms with Crippen molar-refractivity contribution >= 4 is 0 Å². The molecule has 2 saturated carbocycles. The smallest absolute Gasteiger partial charge is 0.206 e. The summed E-state index contributed by atoms with van der Waals surface area (Å²) in [7, 11) is 0. The highest BCUT2D eigenvalue weighted by Crippen LogP contribution is 2.71. The molecule has 0 spiro atoms. The highest BCUT2D eigenvalue weighted by atomic mass is 19.3. The molecular weight excluding hydrogens is 134 g/mol. The minimum atomic E-state index is -2.32. The second kappa shape index (κ2) is 1.54. The van der Waals surface area contributed by atoms with Crippen LogP contribution in [0.5, 0.6) is 0 Å². The van der Waals surface area contributed by atoms with Gasteiger partial charge in [-0.05, 0) is 12.8 Å². The van der Waals surface area contributed by atoms with Crippen LogP contribution in [0.25, 0.3) is 0 Å². The fourth-order valence-electron chi connectivity index (χ4n) is 2.36. The van der Waals surface area contributed by atoms with Crippen molar-refractivity contribution in [1.82, 2.24) is 0 Å². The number of halogens is 2. The molecule has 0 N–H and O–H groups in total. The zero-order valence-corrected chi connectivity index (χ0v) is 6.16. The van der Waals surface area contributed by atoms with Crippen LogP contribution in [0.1, 0.15) is 32.6 Å². The lowest BCUT2D eigenvalue weighted by molar-refractivity contribution is 0.0621. The Balaban J connectivity index is 2.20. The molecule has 2 aliphatic carbocycles. The molecule has 10 heavy (non-hydrogen) atoms. The second-order valence-corrected chi connectivity index (χ2v) is 3.84. The van der Waals surface area contributed by atoms with Crippen LogP contribution in [0.3, 0.4) is 0 Å². The van der Waals surface area contributed by atoms with Crippen molar-refractivity contribution in [2.45, 2.75) is 38.5 Å². The maximum atomic E-state index is 12.9. The molecule has 0 amide bonds. The third-order valence-electron chi connectivity index (χ3n) is 3.32. The molecule has 58 valence electrons. The van der Waals surface area contributed by atoms with Gasteiger partial charge in [0.1, 0.15) is 0 Å². The average molecular weight is 146 g/mol. The fourth-order valence-corrected chi connectivity index (χ4v) is 2.36. The first-order valence-corrected chi connectivity index (χ1v) is 3.97. The number of hydrogen-bond acceptors (Lipinski definition) is 0. The summed E-state index contributed by atoms with van der Waals surface area (Å²) in [4.78, 5) is 0. The van der Waals surface area contributed by atoms with Gasteiger partial charge in [-0.1, -0.05) is 19.8 Å². The number of hydrogen-bond donors (Lipinski definition) is 0. The van der Waals surface area contributed by atoms with E-state index in [1.54, 1.807) is 6.92 Å². The lowest BCUT2D eigenvalue weighted by Gasteiger charge is -2.13. The number of rotatable bonds is 0. The van der Waals surface area contributed by atoms with Gasteiger partial charge in [0, 0.05) is 11.3 Å². The van der Waals surface area contributed by atoms with E-state index >= 15 is 0 Å². The zero-order chi connectivity index (χ0) is 7.41. The quantitative estimate of drug-likeness (QED) is 0.493. The minimum absolute atomic E-state index is 0.270. The zero-order valence-electron chi connectivity index (χ0n) is 6.16. The Bertz CT molecular complexity index is 165. The second-order valence-electron chi connectivity index (χ2n) is 3.84. The summed E-state index contributed by atoms with van der Waals surface area (Å²) in [5.41, 5.74) is -0.592. The van der Waals surface area contributed by atoms with Crippen LogP contribution in [0, 0.1) is 11.3 Å². The molecule has 0 saturated heterocycles. The Morgan fingerprint density at radius 1 is 1.30 bits per heavy atom. The summed E-state index contributed by atoms with van der Waals surface area (Å²) < 4.78 is 25.8. The normalized spacial score (nSPS) is 50.1. The molecule has 2 aliphatic rings. The maximum Gasteiger partial charge on any atom is 0.257 e. The van der Waals surface area contributed by atoms with Crippen LogP contribution in [0.4, 0.5) is 8.78 Å². The molecule has 0 aromatic heterocycles. The van der Waals surface area contributed by atoms with E-state index in [0.717, 1.165) is 25.7 Å². The molecule has 2 rings (SSSR count). The average Bonchev–Trinajstić information content (AvgIpc) is 2.30. The van der Waals surface area contributed by atoms with Gasteiger partial charge in [-0.3, -0.25) is 0 Å². The van der Waals surface area contributed by atoms with Crippen LogP contribution in [0.15, 0.2) is 0 Å². The van der Waals surface area contributed by atoms with E-state index in [0.29, 0.717) is 0 Å². The predicted molar refractivity (Wildman–Crippen MR) is 35.0 cm³/mol. The lowest BCUT2D eigenvalue weighted by Crippen LogP contribution is -2.07. The van der Waals surface area contributed by atoms with Crippen molar-refractivity contribution in [3.8, 4) is 0 Å². The van der Waals surface area contributed by atoms with Crippen molar-refractivity contribution in [2.24, 2.45) is 11.3 Å². The van der Waals surface area contributed by atoms with E-state index in [1.807, 2.05) is 0 Å². The lowest BCUT2D eigenvalue weighted by atomic mass is 9.90. The molecule has 0 radical (unpaired) electrons. The molecule has 2 atom stereocenters. The summed E-state index contributed by atoms with van der Waals surface area (Å²) in [6.45, 7) is 1.73. The monoisotopic (exact) mass is 146 g/mol. The molecule has 2 fully saturated rings. The molecule has 0 aliphatic heterocycles. The van der Waals surface area contributed by atoms with Gasteiger partial charge < -0.3 is 0 Å². The highest BCUT2D eigenvalue weighted by Gasteiger charge is 2.77. The Labute approximate surface area is 59.6 Å². The molecule has 0 nitrogen and oxygen atoms in total.